The monoisotopic (exact) mass is 378 g/mol. The van der Waals surface area contributed by atoms with E-state index in [0.29, 0.717) is 6.04 Å². The van der Waals surface area contributed by atoms with Crippen molar-refractivity contribution >= 4 is 12.0 Å². The predicted octanol–water partition coefficient (Wildman–Crippen LogP) is 3.98. The van der Waals surface area contributed by atoms with Crippen molar-refractivity contribution in [3.63, 3.8) is 0 Å². The Morgan fingerprint density at radius 3 is 2.54 bits per heavy atom. The number of alkyl carbamates (subject to hydrolysis) is 1. The number of carbonyl (C=O) groups is 2. The van der Waals surface area contributed by atoms with Crippen LogP contribution in [0.25, 0.3) is 0 Å². The molecule has 2 aliphatic rings. The Hall–Kier alpha value is -2.82. The molecule has 1 atom stereocenters. The first kappa shape index (κ1) is 18.5. The van der Waals surface area contributed by atoms with Crippen LogP contribution in [0.3, 0.4) is 0 Å². The number of carbonyl (C=O) groups excluding carboxylic acids is 2. The highest BCUT2D eigenvalue weighted by molar-refractivity contribution is 5.83. The lowest BCUT2D eigenvalue weighted by Gasteiger charge is -2.36. The molecule has 0 aliphatic heterocycles. The number of ether oxygens (including phenoxy) is 1. The van der Waals surface area contributed by atoms with Gasteiger partial charge in [0.1, 0.15) is 13.2 Å². The van der Waals surface area contributed by atoms with E-state index >= 15 is 0 Å². The van der Waals surface area contributed by atoms with Crippen LogP contribution >= 0.6 is 0 Å². The van der Waals surface area contributed by atoms with E-state index in [-0.39, 0.29) is 25.1 Å². The van der Waals surface area contributed by atoms with Crippen LogP contribution in [0.4, 0.5) is 4.79 Å². The Morgan fingerprint density at radius 1 is 1.00 bits per heavy atom. The second-order valence-electron chi connectivity index (χ2n) is 7.55. The maximum Gasteiger partial charge on any atom is 0.407 e. The summed E-state index contributed by atoms with van der Waals surface area (Å²) in [7, 11) is 0. The molecule has 0 radical (unpaired) electrons. The van der Waals surface area contributed by atoms with E-state index < -0.39 is 6.09 Å². The number of benzene rings is 2. The zero-order valence-electron chi connectivity index (χ0n) is 16.0. The maximum absolute atomic E-state index is 13.0. The van der Waals surface area contributed by atoms with E-state index in [1.807, 2.05) is 41.3 Å². The summed E-state index contributed by atoms with van der Waals surface area (Å²) in [6, 6.07) is 18.3. The molecule has 2 aliphatic carbocycles. The van der Waals surface area contributed by atoms with Crippen LogP contribution in [0.1, 0.15) is 48.4 Å². The molecule has 0 spiro atoms. The maximum atomic E-state index is 13.0. The van der Waals surface area contributed by atoms with Crippen molar-refractivity contribution in [1.82, 2.24) is 10.2 Å². The van der Waals surface area contributed by atoms with Crippen molar-refractivity contribution in [3.8, 4) is 0 Å². The molecule has 146 valence electrons. The summed E-state index contributed by atoms with van der Waals surface area (Å²) in [6.45, 7) is 0.173. The molecule has 28 heavy (non-hydrogen) atoms. The van der Waals surface area contributed by atoms with Crippen molar-refractivity contribution in [2.75, 3.05) is 6.54 Å². The number of nitrogens with one attached hydrogen (secondary N) is 1. The number of hydrogen-bond acceptors (Lipinski definition) is 3. The summed E-state index contributed by atoms with van der Waals surface area (Å²) in [5.41, 5.74) is 3.52. The van der Waals surface area contributed by atoms with Gasteiger partial charge >= 0.3 is 6.09 Å². The van der Waals surface area contributed by atoms with Crippen LogP contribution in [0.15, 0.2) is 54.6 Å². The van der Waals surface area contributed by atoms with Crippen molar-refractivity contribution in [1.29, 1.82) is 0 Å². The Balaban J connectivity index is 1.35. The number of aryl methyl sites for hydroxylation is 1. The van der Waals surface area contributed by atoms with Gasteiger partial charge in [0.25, 0.3) is 0 Å². The van der Waals surface area contributed by atoms with Gasteiger partial charge in [-0.05, 0) is 48.8 Å². The van der Waals surface area contributed by atoms with Crippen LogP contribution in [0.2, 0.25) is 0 Å². The standard InChI is InChI=1S/C23H26N2O3/c26-22(15-24-23(27)28-16-17-7-2-1-3-8-17)25(19-13-14-19)21-12-6-10-18-9-4-5-11-20(18)21/h1-5,7-9,11,19,21H,6,10,12-16H2,(H,24,27). The first-order valence-electron chi connectivity index (χ1n) is 10.1. The normalized spacial score (nSPS) is 18.1. The topological polar surface area (TPSA) is 58.6 Å². The van der Waals surface area contributed by atoms with E-state index in [9.17, 15) is 9.59 Å². The van der Waals surface area contributed by atoms with Gasteiger partial charge < -0.3 is 15.0 Å². The van der Waals surface area contributed by atoms with E-state index in [4.69, 9.17) is 4.74 Å². The van der Waals surface area contributed by atoms with Crippen molar-refractivity contribution in [2.45, 2.75) is 50.8 Å². The first-order chi connectivity index (χ1) is 13.7. The fourth-order valence-electron chi connectivity index (χ4n) is 4.02. The average Bonchev–Trinajstić information content (AvgIpc) is 3.57. The average molecular weight is 378 g/mol. The Morgan fingerprint density at radius 2 is 1.75 bits per heavy atom. The van der Waals surface area contributed by atoms with E-state index in [1.165, 1.54) is 11.1 Å². The molecule has 4 rings (SSSR count). The fraction of sp³-hybridized carbons (Fsp3) is 0.391. The molecule has 1 saturated carbocycles. The highest BCUT2D eigenvalue weighted by atomic mass is 16.5. The number of fused-ring (bicyclic) bond motifs is 1. The molecule has 1 unspecified atom stereocenters. The van der Waals surface area contributed by atoms with E-state index in [1.54, 1.807) is 0 Å². The summed E-state index contributed by atoms with van der Waals surface area (Å²) in [6.07, 6.45) is 4.68. The Labute approximate surface area is 165 Å². The number of hydrogen-bond donors (Lipinski definition) is 1. The molecular weight excluding hydrogens is 352 g/mol. The highest BCUT2D eigenvalue weighted by Crippen LogP contribution is 2.40. The molecule has 2 amide bonds. The third-order valence-corrected chi connectivity index (χ3v) is 5.50. The minimum atomic E-state index is -0.558. The van der Waals surface area contributed by atoms with Crippen LogP contribution in [0, 0.1) is 0 Å². The van der Waals surface area contributed by atoms with Gasteiger partial charge in [0, 0.05) is 6.04 Å². The van der Waals surface area contributed by atoms with Gasteiger partial charge in [-0.3, -0.25) is 4.79 Å². The van der Waals surface area contributed by atoms with Gasteiger partial charge in [0.05, 0.1) is 6.04 Å². The van der Waals surface area contributed by atoms with Crippen molar-refractivity contribution in [2.24, 2.45) is 0 Å². The summed E-state index contributed by atoms with van der Waals surface area (Å²) in [4.78, 5) is 27.0. The third-order valence-electron chi connectivity index (χ3n) is 5.50. The van der Waals surface area contributed by atoms with Crippen LogP contribution in [0.5, 0.6) is 0 Å². The molecular formula is C23H26N2O3. The lowest BCUT2D eigenvalue weighted by Crippen LogP contribution is -2.44. The summed E-state index contributed by atoms with van der Waals surface area (Å²) < 4.78 is 5.22. The third kappa shape index (κ3) is 4.35. The minimum absolute atomic E-state index is 0.0250. The summed E-state index contributed by atoms with van der Waals surface area (Å²) >= 11 is 0. The van der Waals surface area contributed by atoms with Gasteiger partial charge in [0.15, 0.2) is 0 Å². The quantitative estimate of drug-likeness (QED) is 0.827. The van der Waals surface area contributed by atoms with Crippen LogP contribution in [-0.2, 0) is 22.6 Å². The van der Waals surface area contributed by atoms with Crippen LogP contribution in [-0.4, -0.2) is 29.5 Å². The van der Waals surface area contributed by atoms with E-state index in [0.717, 1.165) is 37.7 Å². The zero-order valence-corrected chi connectivity index (χ0v) is 16.0. The predicted molar refractivity (Wildman–Crippen MR) is 107 cm³/mol. The first-order valence-corrected chi connectivity index (χ1v) is 10.1. The SMILES string of the molecule is O=C(NCC(=O)N(C1CC1)C1CCCc2ccccc21)OCc1ccccc1. The van der Waals surface area contributed by atoms with Gasteiger partial charge in [-0.15, -0.1) is 0 Å². The highest BCUT2D eigenvalue weighted by Gasteiger charge is 2.39. The van der Waals surface area contributed by atoms with Crippen molar-refractivity contribution < 1.29 is 14.3 Å². The molecule has 0 aromatic heterocycles. The van der Waals surface area contributed by atoms with Gasteiger partial charge in [-0.25, -0.2) is 4.79 Å². The lowest BCUT2D eigenvalue weighted by atomic mass is 9.86. The second-order valence-corrected chi connectivity index (χ2v) is 7.55. The molecule has 0 saturated heterocycles. The summed E-state index contributed by atoms with van der Waals surface area (Å²) in [5.74, 6) is -0.0270. The van der Waals surface area contributed by atoms with Gasteiger partial charge in [-0.2, -0.15) is 0 Å². The van der Waals surface area contributed by atoms with Gasteiger partial charge in [-0.1, -0.05) is 54.6 Å². The second kappa shape index (κ2) is 8.46. The minimum Gasteiger partial charge on any atom is -0.445 e. The Bertz CT molecular complexity index is 833. The molecule has 1 fully saturated rings. The lowest BCUT2D eigenvalue weighted by molar-refractivity contribution is -0.133. The smallest absolute Gasteiger partial charge is 0.407 e. The molecule has 0 bridgehead atoms. The number of nitrogens with zero attached hydrogens (tertiary/aromatic N) is 1. The van der Waals surface area contributed by atoms with Gasteiger partial charge in [0.2, 0.25) is 5.91 Å². The molecule has 0 heterocycles. The molecule has 5 heteroatoms. The van der Waals surface area contributed by atoms with E-state index in [2.05, 4.69) is 23.5 Å². The van der Waals surface area contributed by atoms with Crippen molar-refractivity contribution in [3.05, 3.63) is 71.3 Å². The number of rotatable bonds is 6. The fourth-order valence-corrected chi connectivity index (χ4v) is 4.02. The van der Waals surface area contributed by atoms with Crippen LogP contribution < -0.4 is 5.32 Å². The molecule has 5 nitrogen and oxygen atoms in total. The Kier molecular flexibility index (Phi) is 5.60. The molecule has 2 aromatic rings. The molecule has 2 aromatic carbocycles. The summed E-state index contributed by atoms with van der Waals surface area (Å²) in [5, 5.41) is 2.63. The largest absolute Gasteiger partial charge is 0.445 e. The number of amides is 2. The molecule has 1 N–H and O–H groups in total. The zero-order chi connectivity index (χ0) is 19.3.